The number of fused-ring (bicyclic) bond motifs is 1. The average molecular weight is 424 g/mol. The SMILES string of the molecule is CC(Oc1cc(-c2ccc(N3CCOCC3)cc2)cc2ncsc12)C1CNC(=O)C1. The van der Waals surface area contributed by atoms with Crippen molar-refractivity contribution >= 4 is 33.1 Å². The number of anilines is 1. The van der Waals surface area contributed by atoms with Crippen LogP contribution in [0.3, 0.4) is 0 Å². The molecule has 5 rings (SSSR count). The van der Waals surface area contributed by atoms with Crippen molar-refractivity contribution < 1.29 is 14.3 Å². The van der Waals surface area contributed by atoms with Gasteiger partial charge in [-0.1, -0.05) is 12.1 Å². The summed E-state index contributed by atoms with van der Waals surface area (Å²) >= 11 is 1.59. The van der Waals surface area contributed by atoms with E-state index in [4.69, 9.17) is 9.47 Å². The van der Waals surface area contributed by atoms with E-state index in [9.17, 15) is 4.79 Å². The molecule has 1 amide bonds. The molecule has 0 bridgehead atoms. The molecule has 0 spiro atoms. The summed E-state index contributed by atoms with van der Waals surface area (Å²) in [5.74, 6) is 1.14. The number of carbonyl (C=O) groups is 1. The van der Waals surface area contributed by atoms with E-state index in [-0.39, 0.29) is 17.9 Å². The zero-order valence-electron chi connectivity index (χ0n) is 17.0. The molecule has 2 atom stereocenters. The van der Waals surface area contributed by atoms with E-state index in [1.165, 1.54) is 5.69 Å². The van der Waals surface area contributed by atoms with Crippen molar-refractivity contribution in [3.8, 4) is 16.9 Å². The molecule has 156 valence electrons. The molecule has 7 heteroatoms. The summed E-state index contributed by atoms with van der Waals surface area (Å²) in [6.07, 6.45) is 0.476. The Hall–Kier alpha value is -2.64. The average Bonchev–Trinajstić information content (AvgIpc) is 3.43. The topological polar surface area (TPSA) is 63.7 Å². The molecule has 2 fully saturated rings. The minimum absolute atomic E-state index is 0.0480. The lowest BCUT2D eigenvalue weighted by molar-refractivity contribution is -0.119. The predicted octanol–water partition coefficient (Wildman–Crippen LogP) is 3.70. The Kier molecular flexibility index (Phi) is 5.31. The lowest BCUT2D eigenvalue weighted by atomic mass is 10.0. The zero-order chi connectivity index (χ0) is 20.5. The van der Waals surface area contributed by atoms with Gasteiger partial charge in [0.2, 0.25) is 5.91 Å². The number of rotatable bonds is 5. The molecular formula is C23H25N3O3S. The number of hydrogen-bond donors (Lipinski definition) is 1. The molecule has 2 aliphatic rings. The minimum atomic E-state index is -0.0480. The molecule has 2 unspecified atom stereocenters. The number of hydrogen-bond acceptors (Lipinski definition) is 6. The Labute approximate surface area is 179 Å². The van der Waals surface area contributed by atoms with Crippen LogP contribution in [0.5, 0.6) is 5.75 Å². The molecule has 6 nitrogen and oxygen atoms in total. The van der Waals surface area contributed by atoms with Crippen molar-refractivity contribution in [1.29, 1.82) is 0 Å². The number of carbonyl (C=O) groups excluding carboxylic acids is 1. The van der Waals surface area contributed by atoms with Crippen LogP contribution in [0.25, 0.3) is 21.3 Å². The van der Waals surface area contributed by atoms with Gasteiger partial charge >= 0.3 is 0 Å². The summed E-state index contributed by atoms with van der Waals surface area (Å²) < 4.78 is 12.9. The molecule has 0 radical (unpaired) electrons. The molecule has 2 aromatic carbocycles. The number of amides is 1. The molecule has 2 saturated heterocycles. The van der Waals surface area contributed by atoms with Crippen molar-refractivity contribution in [3.05, 3.63) is 41.9 Å². The maximum atomic E-state index is 11.6. The van der Waals surface area contributed by atoms with Crippen molar-refractivity contribution in [2.75, 3.05) is 37.7 Å². The van der Waals surface area contributed by atoms with Gasteiger partial charge in [-0.2, -0.15) is 0 Å². The first-order valence-electron chi connectivity index (χ1n) is 10.4. The summed E-state index contributed by atoms with van der Waals surface area (Å²) in [4.78, 5) is 18.5. The van der Waals surface area contributed by atoms with E-state index >= 15 is 0 Å². The summed E-state index contributed by atoms with van der Waals surface area (Å²) in [5, 5.41) is 2.90. The van der Waals surface area contributed by atoms with Crippen LogP contribution >= 0.6 is 11.3 Å². The lowest BCUT2D eigenvalue weighted by Gasteiger charge is -2.29. The predicted molar refractivity (Wildman–Crippen MR) is 119 cm³/mol. The van der Waals surface area contributed by atoms with Crippen LogP contribution in [0, 0.1) is 5.92 Å². The second-order valence-corrected chi connectivity index (χ2v) is 8.77. The van der Waals surface area contributed by atoms with Gasteiger partial charge in [-0.25, -0.2) is 4.98 Å². The van der Waals surface area contributed by atoms with Crippen LogP contribution in [0.4, 0.5) is 5.69 Å². The highest BCUT2D eigenvalue weighted by molar-refractivity contribution is 7.17. The fraction of sp³-hybridized carbons (Fsp3) is 0.391. The van der Waals surface area contributed by atoms with E-state index in [2.05, 4.69) is 51.6 Å². The number of benzene rings is 2. The van der Waals surface area contributed by atoms with E-state index in [1.54, 1.807) is 11.3 Å². The zero-order valence-corrected chi connectivity index (χ0v) is 17.8. The fourth-order valence-corrected chi connectivity index (χ4v) is 4.86. The quantitative estimate of drug-likeness (QED) is 0.678. The summed E-state index contributed by atoms with van der Waals surface area (Å²) in [6, 6.07) is 12.9. The highest BCUT2D eigenvalue weighted by atomic mass is 32.1. The Morgan fingerprint density at radius 2 is 2.00 bits per heavy atom. The first-order chi connectivity index (χ1) is 14.7. The Morgan fingerprint density at radius 1 is 1.20 bits per heavy atom. The highest BCUT2D eigenvalue weighted by Crippen LogP contribution is 2.36. The van der Waals surface area contributed by atoms with E-state index in [1.807, 2.05) is 12.4 Å². The van der Waals surface area contributed by atoms with Crippen LogP contribution in [0.1, 0.15) is 13.3 Å². The summed E-state index contributed by atoms with van der Waals surface area (Å²) in [7, 11) is 0. The standard InChI is InChI=1S/C23H25N3O3S/c1-15(18-12-22(27)24-13-18)29-21-11-17(10-20-23(21)30-14-25-20)16-2-4-19(5-3-16)26-6-8-28-9-7-26/h2-5,10-11,14-15,18H,6-9,12-13H2,1H3,(H,24,27). The van der Waals surface area contributed by atoms with Gasteiger partial charge in [0.1, 0.15) is 11.9 Å². The largest absolute Gasteiger partial charge is 0.489 e. The molecule has 3 heterocycles. The van der Waals surface area contributed by atoms with Crippen LogP contribution in [-0.2, 0) is 9.53 Å². The number of nitrogens with zero attached hydrogens (tertiary/aromatic N) is 2. The Bertz CT molecular complexity index is 1040. The number of ether oxygens (including phenoxy) is 2. The first-order valence-corrected chi connectivity index (χ1v) is 11.3. The summed E-state index contributed by atoms with van der Waals surface area (Å²) in [5.41, 5.74) is 6.24. The molecule has 0 aliphatic carbocycles. The van der Waals surface area contributed by atoms with Gasteiger partial charge in [0.15, 0.2) is 0 Å². The smallest absolute Gasteiger partial charge is 0.220 e. The van der Waals surface area contributed by atoms with Gasteiger partial charge in [-0.3, -0.25) is 4.79 Å². The highest BCUT2D eigenvalue weighted by Gasteiger charge is 2.28. The van der Waals surface area contributed by atoms with Gasteiger partial charge in [0.05, 0.1) is 28.9 Å². The van der Waals surface area contributed by atoms with Crippen molar-refractivity contribution in [2.24, 2.45) is 5.92 Å². The molecule has 2 aliphatic heterocycles. The van der Waals surface area contributed by atoms with Gasteiger partial charge < -0.3 is 19.7 Å². The maximum absolute atomic E-state index is 11.6. The second-order valence-electron chi connectivity index (χ2n) is 7.91. The molecule has 1 N–H and O–H groups in total. The third-order valence-electron chi connectivity index (χ3n) is 5.96. The number of nitrogens with one attached hydrogen (secondary N) is 1. The number of aromatic nitrogens is 1. The third-order valence-corrected chi connectivity index (χ3v) is 6.82. The van der Waals surface area contributed by atoms with Gasteiger partial charge in [-0.15, -0.1) is 11.3 Å². The number of thiazole rings is 1. The molecule has 1 aromatic heterocycles. The van der Waals surface area contributed by atoms with Crippen molar-refractivity contribution in [3.63, 3.8) is 0 Å². The van der Waals surface area contributed by atoms with Crippen LogP contribution in [0.2, 0.25) is 0 Å². The second kappa shape index (κ2) is 8.24. The van der Waals surface area contributed by atoms with Crippen LogP contribution in [-0.4, -0.2) is 49.8 Å². The molecule has 30 heavy (non-hydrogen) atoms. The Balaban J connectivity index is 1.41. The minimum Gasteiger partial charge on any atom is -0.489 e. The van der Waals surface area contributed by atoms with Crippen molar-refractivity contribution in [1.82, 2.24) is 10.3 Å². The monoisotopic (exact) mass is 423 g/mol. The van der Waals surface area contributed by atoms with Gasteiger partial charge in [0.25, 0.3) is 0 Å². The molecule has 3 aromatic rings. The van der Waals surface area contributed by atoms with E-state index in [0.717, 1.165) is 53.4 Å². The third kappa shape index (κ3) is 3.87. The van der Waals surface area contributed by atoms with E-state index < -0.39 is 0 Å². The molecule has 0 saturated carbocycles. The van der Waals surface area contributed by atoms with E-state index in [0.29, 0.717) is 13.0 Å². The van der Waals surface area contributed by atoms with Gasteiger partial charge in [-0.05, 0) is 42.3 Å². The van der Waals surface area contributed by atoms with Crippen LogP contribution < -0.4 is 15.0 Å². The normalized spacial score (nSPS) is 20.4. The maximum Gasteiger partial charge on any atom is 0.220 e. The van der Waals surface area contributed by atoms with Crippen molar-refractivity contribution in [2.45, 2.75) is 19.4 Å². The number of morpholine rings is 1. The summed E-state index contributed by atoms with van der Waals surface area (Å²) in [6.45, 7) is 6.14. The lowest BCUT2D eigenvalue weighted by Crippen LogP contribution is -2.36. The van der Waals surface area contributed by atoms with Gasteiger partial charge in [0, 0.05) is 37.7 Å². The Morgan fingerprint density at radius 3 is 2.73 bits per heavy atom. The fourth-order valence-electron chi connectivity index (χ4n) is 4.13. The molecular weight excluding hydrogens is 398 g/mol. The first kappa shape index (κ1) is 19.3. The van der Waals surface area contributed by atoms with Crippen LogP contribution in [0.15, 0.2) is 41.9 Å².